The molecule has 0 radical (unpaired) electrons. The van der Waals surface area contributed by atoms with Gasteiger partial charge in [0, 0.05) is 19.1 Å². The first-order chi connectivity index (χ1) is 11.6. The number of rotatable bonds is 6. The molecule has 5 nitrogen and oxygen atoms in total. The molecule has 3 rings (SSSR count). The average Bonchev–Trinajstić information content (AvgIpc) is 3.05. The molecule has 2 heterocycles. The Balaban J connectivity index is 1.49. The van der Waals surface area contributed by atoms with E-state index < -0.39 is 0 Å². The maximum atomic E-state index is 12.7. The quantitative estimate of drug-likeness (QED) is 0.772. The molecule has 2 unspecified atom stereocenters. The predicted molar refractivity (Wildman–Crippen MR) is 101 cm³/mol. The van der Waals surface area contributed by atoms with E-state index in [4.69, 9.17) is 0 Å². The minimum atomic E-state index is 0.281. The molecule has 1 aromatic rings. The van der Waals surface area contributed by atoms with Crippen LogP contribution >= 0.6 is 23.1 Å². The first-order valence-corrected chi connectivity index (χ1v) is 10.9. The summed E-state index contributed by atoms with van der Waals surface area (Å²) in [6.07, 6.45) is 7.60. The van der Waals surface area contributed by atoms with Crippen LogP contribution < -0.4 is 5.32 Å². The van der Waals surface area contributed by atoms with Crippen molar-refractivity contribution in [1.82, 2.24) is 15.1 Å². The summed E-state index contributed by atoms with van der Waals surface area (Å²) in [7, 11) is 0. The van der Waals surface area contributed by atoms with E-state index in [-0.39, 0.29) is 5.91 Å². The van der Waals surface area contributed by atoms with Gasteiger partial charge in [0.15, 0.2) is 4.34 Å². The Morgan fingerprint density at radius 1 is 1.29 bits per heavy atom. The summed E-state index contributed by atoms with van der Waals surface area (Å²) in [5.74, 6) is 2.09. The van der Waals surface area contributed by atoms with Gasteiger partial charge in [-0.3, -0.25) is 4.79 Å². The smallest absolute Gasteiger partial charge is 0.233 e. The summed E-state index contributed by atoms with van der Waals surface area (Å²) in [5.41, 5.74) is 0. The SMILES string of the molecule is CC(C)CNc1nnc(SCC(=O)N2CCCC3CCCCC32)s1. The molecule has 1 N–H and O–H groups in total. The molecule has 1 aromatic heterocycles. The maximum absolute atomic E-state index is 12.7. The maximum Gasteiger partial charge on any atom is 0.233 e. The van der Waals surface area contributed by atoms with Crippen molar-refractivity contribution < 1.29 is 4.79 Å². The lowest BCUT2D eigenvalue weighted by molar-refractivity contribution is -0.134. The Hall–Kier alpha value is -0.820. The van der Waals surface area contributed by atoms with Crippen LogP contribution in [-0.2, 0) is 4.79 Å². The van der Waals surface area contributed by atoms with Crippen LogP contribution in [0, 0.1) is 11.8 Å². The fraction of sp³-hybridized carbons (Fsp3) is 0.824. The van der Waals surface area contributed by atoms with Crippen molar-refractivity contribution in [3.8, 4) is 0 Å². The van der Waals surface area contributed by atoms with Gasteiger partial charge in [0.25, 0.3) is 0 Å². The molecule has 1 saturated carbocycles. The Kier molecular flexibility index (Phi) is 6.38. The topological polar surface area (TPSA) is 58.1 Å². The summed E-state index contributed by atoms with van der Waals surface area (Å²) in [6.45, 7) is 6.17. The zero-order valence-corrected chi connectivity index (χ0v) is 16.3. The second kappa shape index (κ2) is 8.52. The first-order valence-electron chi connectivity index (χ1n) is 9.13. The van der Waals surface area contributed by atoms with E-state index in [0.29, 0.717) is 17.7 Å². The highest BCUT2D eigenvalue weighted by molar-refractivity contribution is 8.01. The fourth-order valence-electron chi connectivity index (χ4n) is 3.77. The van der Waals surface area contributed by atoms with Gasteiger partial charge in [0.05, 0.1) is 5.75 Å². The van der Waals surface area contributed by atoms with Crippen LogP contribution in [0.5, 0.6) is 0 Å². The van der Waals surface area contributed by atoms with Gasteiger partial charge in [-0.15, -0.1) is 10.2 Å². The number of fused-ring (bicyclic) bond motifs is 1. The molecule has 1 amide bonds. The van der Waals surface area contributed by atoms with Gasteiger partial charge in [0.2, 0.25) is 11.0 Å². The van der Waals surface area contributed by atoms with Gasteiger partial charge < -0.3 is 10.2 Å². The first kappa shape index (κ1) is 18.0. The third kappa shape index (κ3) is 4.63. The minimum absolute atomic E-state index is 0.281. The van der Waals surface area contributed by atoms with Gasteiger partial charge in [-0.1, -0.05) is 49.8 Å². The number of hydrogen-bond donors (Lipinski definition) is 1. The molecule has 2 fully saturated rings. The summed E-state index contributed by atoms with van der Waals surface area (Å²) >= 11 is 3.08. The lowest BCUT2D eigenvalue weighted by atomic mass is 9.78. The van der Waals surface area contributed by atoms with Gasteiger partial charge in [-0.25, -0.2) is 0 Å². The highest BCUT2D eigenvalue weighted by Gasteiger charge is 2.35. The average molecular weight is 369 g/mol. The molecular formula is C17H28N4OS2. The number of nitrogens with one attached hydrogen (secondary N) is 1. The summed E-state index contributed by atoms with van der Waals surface area (Å²) < 4.78 is 0.881. The van der Waals surface area contributed by atoms with Gasteiger partial charge >= 0.3 is 0 Å². The third-order valence-electron chi connectivity index (χ3n) is 4.95. The van der Waals surface area contributed by atoms with Crippen LogP contribution in [0.4, 0.5) is 5.13 Å². The molecular weight excluding hydrogens is 340 g/mol. The van der Waals surface area contributed by atoms with Crippen molar-refractivity contribution in [1.29, 1.82) is 0 Å². The third-order valence-corrected chi connectivity index (χ3v) is 6.95. The van der Waals surface area contributed by atoms with E-state index in [0.717, 1.165) is 28.5 Å². The van der Waals surface area contributed by atoms with E-state index >= 15 is 0 Å². The number of anilines is 1. The van der Waals surface area contributed by atoms with E-state index in [1.165, 1.54) is 50.3 Å². The summed E-state index contributed by atoms with van der Waals surface area (Å²) in [5, 5.41) is 12.5. The number of hydrogen-bond acceptors (Lipinski definition) is 6. The van der Waals surface area contributed by atoms with E-state index in [1.54, 1.807) is 11.3 Å². The molecule has 2 aliphatic rings. The second-order valence-electron chi connectivity index (χ2n) is 7.28. The number of amides is 1. The van der Waals surface area contributed by atoms with Crippen molar-refractivity contribution in [2.45, 2.75) is 62.8 Å². The number of nitrogens with zero attached hydrogens (tertiary/aromatic N) is 3. The van der Waals surface area contributed by atoms with Crippen LogP contribution in [0.2, 0.25) is 0 Å². The molecule has 1 aliphatic carbocycles. The summed E-state index contributed by atoms with van der Waals surface area (Å²) in [6, 6.07) is 0.498. The number of likely N-dealkylation sites (tertiary alicyclic amines) is 1. The molecule has 1 saturated heterocycles. The van der Waals surface area contributed by atoms with Crippen molar-refractivity contribution in [2.75, 3.05) is 24.2 Å². The summed E-state index contributed by atoms with van der Waals surface area (Å²) in [4.78, 5) is 14.9. The van der Waals surface area contributed by atoms with Crippen LogP contribution in [0.1, 0.15) is 52.4 Å². The Labute approximate surface area is 153 Å². The minimum Gasteiger partial charge on any atom is -0.360 e. The predicted octanol–water partition coefficient (Wildman–Crippen LogP) is 3.88. The van der Waals surface area contributed by atoms with E-state index in [9.17, 15) is 4.79 Å². The molecule has 0 spiro atoms. The van der Waals surface area contributed by atoms with E-state index in [2.05, 4.69) is 34.3 Å². The number of carbonyl (C=O) groups excluding carboxylic acids is 1. The van der Waals surface area contributed by atoms with Gasteiger partial charge in [0.1, 0.15) is 0 Å². The molecule has 134 valence electrons. The van der Waals surface area contributed by atoms with Crippen LogP contribution in [0.3, 0.4) is 0 Å². The molecule has 0 bridgehead atoms. The van der Waals surface area contributed by atoms with Crippen molar-refractivity contribution in [2.24, 2.45) is 11.8 Å². The number of thioether (sulfide) groups is 1. The molecule has 24 heavy (non-hydrogen) atoms. The zero-order chi connectivity index (χ0) is 16.9. The zero-order valence-electron chi connectivity index (χ0n) is 14.7. The molecule has 2 atom stereocenters. The van der Waals surface area contributed by atoms with Crippen molar-refractivity contribution in [3.63, 3.8) is 0 Å². The van der Waals surface area contributed by atoms with Crippen molar-refractivity contribution in [3.05, 3.63) is 0 Å². The Bertz CT molecular complexity index is 546. The van der Waals surface area contributed by atoms with Crippen LogP contribution in [0.15, 0.2) is 4.34 Å². The Morgan fingerprint density at radius 2 is 2.08 bits per heavy atom. The van der Waals surface area contributed by atoms with Crippen LogP contribution in [0.25, 0.3) is 0 Å². The number of aromatic nitrogens is 2. The number of carbonyl (C=O) groups is 1. The standard InChI is InChI=1S/C17H28N4OS2/c1-12(2)10-18-16-19-20-17(24-16)23-11-15(22)21-9-5-7-13-6-3-4-8-14(13)21/h12-14H,3-11H2,1-2H3,(H,18,19). The normalized spacial score (nSPS) is 24.0. The fourth-order valence-corrected chi connectivity index (χ4v) is 5.42. The Morgan fingerprint density at radius 3 is 2.92 bits per heavy atom. The largest absolute Gasteiger partial charge is 0.360 e. The lowest BCUT2D eigenvalue weighted by Crippen LogP contribution is -2.50. The monoisotopic (exact) mass is 368 g/mol. The lowest BCUT2D eigenvalue weighted by Gasteiger charge is -2.44. The highest BCUT2D eigenvalue weighted by atomic mass is 32.2. The molecule has 0 aromatic carbocycles. The van der Waals surface area contributed by atoms with Gasteiger partial charge in [-0.2, -0.15) is 0 Å². The number of piperidine rings is 1. The highest BCUT2D eigenvalue weighted by Crippen LogP contribution is 2.36. The van der Waals surface area contributed by atoms with Crippen LogP contribution in [-0.4, -0.2) is 45.9 Å². The van der Waals surface area contributed by atoms with E-state index in [1.807, 2.05) is 0 Å². The second-order valence-corrected chi connectivity index (χ2v) is 9.48. The molecule has 1 aliphatic heterocycles. The van der Waals surface area contributed by atoms with Crippen molar-refractivity contribution >= 4 is 34.1 Å². The van der Waals surface area contributed by atoms with Gasteiger partial charge in [-0.05, 0) is 37.5 Å². The molecule has 7 heteroatoms.